The van der Waals surface area contributed by atoms with Crippen LogP contribution < -0.4 is 5.32 Å². The van der Waals surface area contributed by atoms with Crippen LogP contribution in [0.4, 0.5) is 0 Å². The van der Waals surface area contributed by atoms with E-state index in [1.54, 1.807) is 11.0 Å². The second kappa shape index (κ2) is 5.28. The van der Waals surface area contributed by atoms with Crippen molar-refractivity contribution < 1.29 is 4.79 Å². The zero-order chi connectivity index (χ0) is 13.2. The normalized spacial score (nSPS) is 25.4. The lowest BCUT2D eigenvalue weighted by Gasteiger charge is -2.16. The molecule has 1 aliphatic heterocycles. The highest BCUT2D eigenvalue weighted by Gasteiger charge is 2.34. The summed E-state index contributed by atoms with van der Waals surface area (Å²) in [6.45, 7) is 4.96. The molecule has 0 aromatic carbocycles. The highest BCUT2D eigenvalue weighted by atomic mass is 16.2. The minimum absolute atomic E-state index is 0.0235. The third-order valence-electron chi connectivity index (χ3n) is 4.16. The Morgan fingerprint density at radius 2 is 2.32 bits per heavy atom. The smallest absolute Gasteiger partial charge is 0.244 e. The first-order valence-electron chi connectivity index (χ1n) is 7.10. The van der Waals surface area contributed by atoms with Crippen LogP contribution in [0.25, 0.3) is 0 Å². The van der Waals surface area contributed by atoms with Gasteiger partial charge in [-0.3, -0.25) is 4.79 Å². The molecule has 0 radical (unpaired) electrons. The monoisotopic (exact) mass is 263 g/mol. The van der Waals surface area contributed by atoms with E-state index in [2.05, 4.69) is 20.3 Å². The predicted octanol–water partition coefficient (Wildman–Crippen LogP) is 0.440. The minimum atomic E-state index is -0.288. The van der Waals surface area contributed by atoms with Gasteiger partial charge in [0.15, 0.2) is 0 Å². The maximum atomic E-state index is 12.0. The maximum Gasteiger partial charge on any atom is 0.244 e. The summed E-state index contributed by atoms with van der Waals surface area (Å²) in [4.78, 5) is 18.4. The van der Waals surface area contributed by atoms with Gasteiger partial charge in [0, 0.05) is 19.1 Å². The van der Waals surface area contributed by atoms with Gasteiger partial charge in [0.2, 0.25) is 5.91 Å². The second-order valence-corrected chi connectivity index (χ2v) is 5.68. The van der Waals surface area contributed by atoms with Gasteiger partial charge in [-0.2, -0.15) is 5.10 Å². The molecule has 2 atom stereocenters. The van der Waals surface area contributed by atoms with Crippen LogP contribution in [0.5, 0.6) is 0 Å². The first-order valence-corrected chi connectivity index (χ1v) is 7.10. The van der Waals surface area contributed by atoms with Crippen LogP contribution in [0.2, 0.25) is 0 Å². The zero-order valence-electron chi connectivity index (χ0n) is 11.3. The molecule has 0 bridgehead atoms. The van der Waals surface area contributed by atoms with E-state index in [1.807, 2.05) is 6.92 Å². The van der Waals surface area contributed by atoms with Crippen molar-refractivity contribution in [1.82, 2.24) is 25.0 Å². The summed E-state index contributed by atoms with van der Waals surface area (Å²) >= 11 is 0. The van der Waals surface area contributed by atoms with Gasteiger partial charge >= 0.3 is 0 Å². The molecule has 0 unspecified atom stereocenters. The van der Waals surface area contributed by atoms with E-state index in [9.17, 15) is 4.79 Å². The first-order chi connectivity index (χ1) is 9.24. The lowest BCUT2D eigenvalue weighted by Crippen LogP contribution is -2.35. The summed E-state index contributed by atoms with van der Waals surface area (Å²) in [5.74, 6) is 0.628. The molecule has 1 saturated carbocycles. The number of nitrogens with zero attached hydrogens (tertiary/aromatic N) is 4. The summed E-state index contributed by atoms with van der Waals surface area (Å²) < 4.78 is 1.58. The number of hydrogen-bond donors (Lipinski definition) is 1. The third kappa shape index (κ3) is 2.94. The molecule has 6 nitrogen and oxygen atoms in total. The molecule has 1 aromatic rings. The molecule has 3 rings (SSSR count). The van der Waals surface area contributed by atoms with Crippen molar-refractivity contribution in [2.24, 2.45) is 5.92 Å². The largest absolute Gasteiger partial charge is 0.354 e. The van der Waals surface area contributed by atoms with Gasteiger partial charge in [0.25, 0.3) is 0 Å². The summed E-state index contributed by atoms with van der Waals surface area (Å²) in [7, 11) is 0. The summed E-state index contributed by atoms with van der Waals surface area (Å²) in [5, 5.41) is 7.04. The molecule has 1 amide bonds. The Bertz CT molecular complexity index is 428. The Hall–Kier alpha value is -1.43. The standard InChI is InChI=1S/C13H21N5O/c1-10(18-9-14-8-16-18)13(19)15-6-11-4-5-17(7-11)12-2-3-12/h8-12H,2-7H2,1H3,(H,15,19)/t10-,11-/m1/s1. The van der Waals surface area contributed by atoms with Crippen LogP contribution in [0.3, 0.4) is 0 Å². The van der Waals surface area contributed by atoms with Crippen LogP contribution in [0.15, 0.2) is 12.7 Å². The third-order valence-corrected chi connectivity index (χ3v) is 4.16. The van der Waals surface area contributed by atoms with E-state index in [-0.39, 0.29) is 11.9 Å². The van der Waals surface area contributed by atoms with E-state index in [0.717, 1.165) is 19.1 Å². The number of hydrogen-bond acceptors (Lipinski definition) is 4. The molecular weight excluding hydrogens is 242 g/mol. The number of likely N-dealkylation sites (tertiary alicyclic amines) is 1. The van der Waals surface area contributed by atoms with Gasteiger partial charge in [0.05, 0.1) is 0 Å². The van der Waals surface area contributed by atoms with Crippen molar-refractivity contribution in [2.75, 3.05) is 19.6 Å². The lowest BCUT2D eigenvalue weighted by molar-refractivity contribution is -0.124. The molecule has 2 heterocycles. The van der Waals surface area contributed by atoms with Crippen LogP contribution >= 0.6 is 0 Å². The molecule has 2 aliphatic rings. The molecule has 104 valence electrons. The molecular formula is C13H21N5O. The van der Waals surface area contributed by atoms with Gasteiger partial charge in [0.1, 0.15) is 18.7 Å². The number of rotatable bonds is 5. The van der Waals surface area contributed by atoms with E-state index in [0.29, 0.717) is 5.92 Å². The van der Waals surface area contributed by atoms with Crippen molar-refractivity contribution >= 4 is 5.91 Å². The molecule has 0 spiro atoms. The highest BCUT2D eigenvalue weighted by molar-refractivity contribution is 5.79. The highest BCUT2D eigenvalue weighted by Crippen LogP contribution is 2.31. The Balaban J connectivity index is 1.43. The minimum Gasteiger partial charge on any atom is -0.354 e. The number of amides is 1. The average Bonchev–Trinajstić information content (AvgIpc) is 2.96. The van der Waals surface area contributed by atoms with Crippen LogP contribution in [0, 0.1) is 5.92 Å². The average molecular weight is 263 g/mol. The SMILES string of the molecule is C[C@H](C(=O)NC[C@H]1CCN(C2CC2)C1)n1cncn1. The Labute approximate surface area is 113 Å². The van der Waals surface area contributed by atoms with E-state index in [1.165, 1.54) is 32.1 Å². The molecule has 1 aromatic heterocycles. The second-order valence-electron chi connectivity index (χ2n) is 5.68. The molecule has 1 aliphatic carbocycles. The van der Waals surface area contributed by atoms with E-state index < -0.39 is 0 Å². The van der Waals surface area contributed by atoms with Gasteiger partial charge < -0.3 is 10.2 Å². The van der Waals surface area contributed by atoms with Gasteiger partial charge in [-0.1, -0.05) is 0 Å². The maximum absolute atomic E-state index is 12.0. The molecule has 6 heteroatoms. The zero-order valence-corrected chi connectivity index (χ0v) is 11.3. The first kappa shape index (κ1) is 12.6. The molecule has 2 fully saturated rings. The summed E-state index contributed by atoms with van der Waals surface area (Å²) in [6, 6.07) is 0.554. The molecule has 1 saturated heterocycles. The van der Waals surface area contributed by atoms with Crippen molar-refractivity contribution in [1.29, 1.82) is 0 Å². The van der Waals surface area contributed by atoms with Crippen molar-refractivity contribution in [3.05, 3.63) is 12.7 Å². The van der Waals surface area contributed by atoms with E-state index >= 15 is 0 Å². The Morgan fingerprint density at radius 1 is 1.47 bits per heavy atom. The molecule has 19 heavy (non-hydrogen) atoms. The molecule has 1 N–H and O–H groups in total. The summed E-state index contributed by atoms with van der Waals surface area (Å²) in [5.41, 5.74) is 0. The van der Waals surface area contributed by atoms with Crippen LogP contribution in [0.1, 0.15) is 32.2 Å². The van der Waals surface area contributed by atoms with Crippen molar-refractivity contribution in [3.63, 3.8) is 0 Å². The van der Waals surface area contributed by atoms with Gasteiger partial charge in [-0.15, -0.1) is 0 Å². The van der Waals surface area contributed by atoms with Crippen molar-refractivity contribution in [3.8, 4) is 0 Å². The van der Waals surface area contributed by atoms with Gasteiger partial charge in [-0.05, 0) is 38.6 Å². The fourth-order valence-electron chi connectivity index (χ4n) is 2.73. The fraction of sp³-hybridized carbons (Fsp3) is 0.769. The number of aromatic nitrogens is 3. The van der Waals surface area contributed by atoms with Gasteiger partial charge in [-0.25, -0.2) is 9.67 Å². The predicted molar refractivity (Wildman–Crippen MR) is 70.4 cm³/mol. The summed E-state index contributed by atoms with van der Waals surface area (Å²) in [6.07, 6.45) is 6.96. The van der Waals surface area contributed by atoms with Crippen LogP contribution in [-0.2, 0) is 4.79 Å². The van der Waals surface area contributed by atoms with Crippen molar-refractivity contribution in [2.45, 2.75) is 38.3 Å². The van der Waals surface area contributed by atoms with E-state index in [4.69, 9.17) is 0 Å². The Morgan fingerprint density at radius 3 is 3.00 bits per heavy atom. The topological polar surface area (TPSA) is 63.1 Å². The number of nitrogens with one attached hydrogen (secondary N) is 1. The quantitative estimate of drug-likeness (QED) is 0.837. The van der Waals surface area contributed by atoms with Crippen LogP contribution in [-0.4, -0.2) is 51.2 Å². The Kier molecular flexibility index (Phi) is 3.50. The number of carbonyl (C=O) groups excluding carboxylic acids is 1. The number of carbonyl (C=O) groups is 1. The fourth-order valence-corrected chi connectivity index (χ4v) is 2.73. The lowest BCUT2D eigenvalue weighted by atomic mass is 10.1.